The topological polar surface area (TPSA) is 64.2 Å². The summed E-state index contributed by atoms with van der Waals surface area (Å²) in [5.74, 6) is 2.27. The van der Waals surface area contributed by atoms with Crippen LogP contribution in [0.2, 0.25) is 0 Å². The van der Waals surface area contributed by atoms with Crippen molar-refractivity contribution in [1.29, 1.82) is 0 Å². The zero-order valence-corrected chi connectivity index (χ0v) is 17.1. The van der Waals surface area contributed by atoms with Gasteiger partial charge in [-0.3, -0.25) is 4.79 Å². The van der Waals surface area contributed by atoms with E-state index < -0.39 is 0 Å². The Morgan fingerprint density at radius 3 is 2.26 bits per heavy atom. The number of aromatic nitrogens is 2. The summed E-state index contributed by atoms with van der Waals surface area (Å²) in [5, 5.41) is 0.482. The molecule has 5 nitrogen and oxygen atoms in total. The molecule has 0 aliphatic rings. The molecule has 0 saturated heterocycles. The van der Waals surface area contributed by atoms with E-state index in [9.17, 15) is 4.79 Å². The van der Waals surface area contributed by atoms with Crippen molar-refractivity contribution >= 4 is 22.7 Å². The summed E-state index contributed by atoms with van der Waals surface area (Å²) in [4.78, 5) is 21.0. The first-order valence-corrected chi connectivity index (χ1v) is 9.68. The molecule has 6 heteroatoms. The molecule has 0 amide bonds. The molecular formula is C21H24N2O3S. The van der Waals surface area contributed by atoms with Crippen LogP contribution in [0, 0.1) is 0 Å². The largest absolute Gasteiger partial charge is 0.493 e. The van der Waals surface area contributed by atoms with Crippen molar-refractivity contribution in [3.05, 3.63) is 58.1 Å². The zero-order valence-electron chi connectivity index (χ0n) is 16.3. The fraction of sp³-hybridized carbons (Fsp3) is 0.333. The third kappa shape index (κ3) is 4.27. The maximum absolute atomic E-state index is 12.4. The van der Waals surface area contributed by atoms with E-state index >= 15 is 0 Å². The fourth-order valence-corrected chi connectivity index (χ4v) is 3.55. The summed E-state index contributed by atoms with van der Waals surface area (Å²) in [7, 11) is 3.11. The summed E-state index contributed by atoms with van der Waals surface area (Å²) >= 11 is 1.64. The Balaban J connectivity index is 1.84. The Morgan fingerprint density at radius 2 is 1.67 bits per heavy atom. The number of rotatable bonds is 5. The molecule has 0 aliphatic carbocycles. The van der Waals surface area contributed by atoms with Crippen molar-refractivity contribution in [3.63, 3.8) is 0 Å². The number of benzene rings is 2. The van der Waals surface area contributed by atoms with E-state index in [4.69, 9.17) is 9.47 Å². The van der Waals surface area contributed by atoms with Gasteiger partial charge in [-0.25, -0.2) is 4.98 Å². The minimum absolute atomic E-state index is 0.133. The van der Waals surface area contributed by atoms with Gasteiger partial charge in [0.15, 0.2) is 11.5 Å². The van der Waals surface area contributed by atoms with Crippen molar-refractivity contribution < 1.29 is 9.47 Å². The SMILES string of the molecule is COc1cc2nc(CSc3ccc(C(C)(C)C)cc3)[nH]c(=O)c2cc1OC. The van der Waals surface area contributed by atoms with Crippen molar-refractivity contribution in [3.8, 4) is 11.5 Å². The van der Waals surface area contributed by atoms with Gasteiger partial charge in [0.2, 0.25) is 0 Å². The van der Waals surface area contributed by atoms with Crippen LogP contribution in [0.1, 0.15) is 32.2 Å². The smallest absolute Gasteiger partial charge is 0.258 e. The van der Waals surface area contributed by atoms with Crippen molar-refractivity contribution in [2.75, 3.05) is 14.2 Å². The molecular weight excluding hydrogens is 360 g/mol. The number of hydrogen-bond donors (Lipinski definition) is 1. The first-order valence-electron chi connectivity index (χ1n) is 8.70. The normalized spacial score (nSPS) is 11.6. The number of fused-ring (bicyclic) bond motifs is 1. The molecule has 3 rings (SSSR count). The Bertz CT molecular complexity index is 1000. The molecule has 0 unspecified atom stereocenters. The molecule has 27 heavy (non-hydrogen) atoms. The second-order valence-corrected chi connectivity index (χ2v) is 8.35. The van der Waals surface area contributed by atoms with E-state index in [0.29, 0.717) is 34.0 Å². The number of aromatic amines is 1. The standard InChI is InChI=1S/C21H24N2O3S/c1-21(2,3)13-6-8-14(9-7-13)27-12-19-22-16-11-18(26-5)17(25-4)10-15(16)20(24)23-19/h6-11H,12H2,1-5H3,(H,22,23,24). The van der Waals surface area contributed by atoms with Gasteiger partial charge in [0.1, 0.15) is 5.82 Å². The average Bonchev–Trinajstić information content (AvgIpc) is 2.65. The van der Waals surface area contributed by atoms with Gasteiger partial charge in [-0.15, -0.1) is 11.8 Å². The lowest BCUT2D eigenvalue weighted by Gasteiger charge is -2.19. The third-order valence-electron chi connectivity index (χ3n) is 4.36. The lowest BCUT2D eigenvalue weighted by atomic mass is 9.87. The van der Waals surface area contributed by atoms with Gasteiger partial charge in [0.25, 0.3) is 5.56 Å². The average molecular weight is 385 g/mol. The number of nitrogens with one attached hydrogen (secondary N) is 1. The van der Waals surface area contributed by atoms with Crippen molar-refractivity contribution in [2.24, 2.45) is 0 Å². The van der Waals surface area contributed by atoms with Crippen LogP contribution in [-0.2, 0) is 11.2 Å². The van der Waals surface area contributed by atoms with Gasteiger partial charge in [-0.2, -0.15) is 0 Å². The minimum atomic E-state index is -0.181. The van der Waals surface area contributed by atoms with Crippen molar-refractivity contribution in [1.82, 2.24) is 9.97 Å². The lowest BCUT2D eigenvalue weighted by Crippen LogP contribution is -2.12. The third-order valence-corrected chi connectivity index (χ3v) is 5.38. The van der Waals surface area contributed by atoms with Gasteiger partial charge < -0.3 is 14.5 Å². The van der Waals surface area contributed by atoms with Gasteiger partial charge in [0.05, 0.1) is 30.9 Å². The highest BCUT2D eigenvalue weighted by Gasteiger charge is 2.14. The van der Waals surface area contributed by atoms with E-state index in [1.807, 2.05) is 0 Å². The summed E-state index contributed by atoms with van der Waals surface area (Å²) in [6, 6.07) is 11.9. The molecule has 0 saturated carbocycles. The molecule has 3 aromatic rings. The molecule has 1 N–H and O–H groups in total. The number of hydrogen-bond acceptors (Lipinski definition) is 5. The van der Waals surface area contributed by atoms with E-state index in [2.05, 4.69) is 55.0 Å². The monoisotopic (exact) mass is 384 g/mol. The molecule has 1 heterocycles. The highest BCUT2D eigenvalue weighted by atomic mass is 32.2. The fourth-order valence-electron chi connectivity index (χ4n) is 2.79. The Morgan fingerprint density at radius 1 is 1.04 bits per heavy atom. The van der Waals surface area contributed by atoms with Gasteiger partial charge in [-0.05, 0) is 29.2 Å². The minimum Gasteiger partial charge on any atom is -0.493 e. The zero-order chi connectivity index (χ0) is 19.6. The first kappa shape index (κ1) is 19.3. The molecule has 0 aliphatic heterocycles. The second kappa shape index (κ2) is 7.64. The molecule has 0 spiro atoms. The first-order chi connectivity index (χ1) is 12.8. The Hall–Kier alpha value is -2.47. The molecule has 142 valence electrons. The maximum Gasteiger partial charge on any atom is 0.258 e. The molecule has 0 bridgehead atoms. The Labute approximate surface area is 163 Å². The molecule has 0 radical (unpaired) electrons. The summed E-state index contributed by atoms with van der Waals surface area (Å²) < 4.78 is 10.6. The Kier molecular flexibility index (Phi) is 5.46. The summed E-state index contributed by atoms with van der Waals surface area (Å²) in [6.07, 6.45) is 0. The second-order valence-electron chi connectivity index (χ2n) is 7.30. The predicted molar refractivity (Wildman–Crippen MR) is 110 cm³/mol. The van der Waals surface area contributed by atoms with E-state index in [-0.39, 0.29) is 11.0 Å². The van der Waals surface area contributed by atoms with Crippen LogP contribution < -0.4 is 15.0 Å². The van der Waals surface area contributed by atoms with Gasteiger partial charge in [-0.1, -0.05) is 32.9 Å². The van der Waals surface area contributed by atoms with Crippen LogP contribution in [0.5, 0.6) is 11.5 Å². The number of nitrogens with zero attached hydrogens (tertiary/aromatic N) is 1. The van der Waals surface area contributed by atoms with Crippen LogP contribution in [0.15, 0.2) is 46.1 Å². The number of ether oxygens (including phenoxy) is 2. The summed E-state index contributed by atoms with van der Waals surface area (Å²) in [5.41, 5.74) is 1.84. The molecule has 0 fully saturated rings. The number of H-pyrrole nitrogens is 1. The maximum atomic E-state index is 12.4. The number of thioether (sulfide) groups is 1. The highest BCUT2D eigenvalue weighted by molar-refractivity contribution is 7.98. The summed E-state index contributed by atoms with van der Waals surface area (Å²) in [6.45, 7) is 6.59. The quantitative estimate of drug-likeness (QED) is 0.655. The predicted octanol–water partition coefficient (Wildman–Crippen LogP) is 4.53. The molecule has 0 atom stereocenters. The van der Waals surface area contributed by atoms with Crippen LogP contribution in [0.3, 0.4) is 0 Å². The van der Waals surface area contributed by atoms with Crippen molar-refractivity contribution in [2.45, 2.75) is 36.8 Å². The molecule has 1 aromatic heterocycles. The van der Waals surface area contributed by atoms with Crippen LogP contribution in [0.4, 0.5) is 0 Å². The van der Waals surface area contributed by atoms with E-state index in [1.165, 1.54) is 5.56 Å². The van der Waals surface area contributed by atoms with Gasteiger partial charge >= 0.3 is 0 Å². The lowest BCUT2D eigenvalue weighted by molar-refractivity contribution is 0.355. The van der Waals surface area contributed by atoms with Crippen LogP contribution in [-0.4, -0.2) is 24.2 Å². The van der Waals surface area contributed by atoms with E-state index in [1.54, 1.807) is 38.1 Å². The highest BCUT2D eigenvalue weighted by Crippen LogP contribution is 2.31. The number of methoxy groups -OCH3 is 2. The van der Waals surface area contributed by atoms with Crippen LogP contribution in [0.25, 0.3) is 10.9 Å². The van der Waals surface area contributed by atoms with Gasteiger partial charge in [0, 0.05) is 11.0 Å². The molecule has 2 aromatic carbocycles. The van der Waals surface area contributed by atoms with E-state index in [0.717, 1.165) is 4.90 Å². The van der Waals surface area contributed by atoms with Crippen LogP contribution >= 0.6 is 11.8 Å².